The summed E-state index contributed by atoms with van der Waals surface area (Å²) in [7, 11) is 0. The molecule has 0 amide bonds. The van der Waals surface area contributed by atoms with Crippen molar-refractivity contribution in [2.45, 2.75) is 13.0 Å². The molecule has 0 heterocycles. The predicted octanol–water partition coefficient (Wildman–Crippen LogP) is 0.193. The summed E-state index contributed by atoms with van der Waals surface area (Å²) in [6.45, 7) is 2.27. The maximum absolute atomic E-state index is 10.2. The second-order valence-corrected chi connectivity index (χ2v) is 2.96. The number of thiol groups is 1. The van der Waals surface area contributed by atoms with Crippen molar-refractivity contribution in [3.63, 3.8) is 0 Å². The molecule has 0 aromatic rings. The predicted molar refractivity (Wildman–Crippen MR) is 58.4 cm³/mol. The molecule has 0 radical (unpaired) electrons. The number of nitrogens with zero attached hydrogens (tertiary/aromatic N) is 1. The van der Waals surface area contributed by atoms with Gasteiger partial charge in [0.15, 0.2) is 5.82 Å². The van der Waals surface area contributed by atoms with Gasteiger partial charge in [0.05, 0.1) is 11.0 Å². The Kier molecular flexibility index (Phi) is 6.41. The largest absolute Gasteiger partial charge is 0.366 e. The van der Waals surface area contributed by atoms with Gasteiger partial charge in [-0.05, 0) is 6.92 Å². The molecular formula is C8H13N3O2S. The fraction of sp³-hybridized carbons (Fsp3) is 0.500. The number of terminal acetylenes is 1. The van der Waals surface area contributed by atoms with Crippen LogP contribution in [0.4, 0.5) is 0 Å². The van der Waals surface area contributed by atoms with E-state index < -0.39 is 4.92 Å². The zero-order valence-corrected chi connectivity index (χ0v) is 8.75. The van der Waals surface area contributed by atoms with Crippen LogP contribution in [0.2, 0.25) is 0 Å². The molecule has 0 rings (SSSR count). The summed E-state index contributed by atoms with van der Waals surface area (Å²) >= 11 is 3.97. The molecule has 6 heteroatoms. The van der Waals surface area contributed by atoms with E-state index in [9.17, 15) is 10.1 Å². The van der Waals surface area contributed by atoms with Crippen molar-refractivity contribution in [1.29, 1.82) is 0 Å². The Bertz CT molecular complexity index is 260. The SMILES string of the molecule is C#CC(C)NC(=C[N+](=O)[O-])NCCS. The molecule has 2 N–H and O–H groups in total. The number of nitrogens with one attached hydrogen (secondary N) is 2. The minimum atomic E-state index is -0.545. The number of rotatable bonds is 6. The summed E-state index contributed by atoms with van der Waals surface area (Å²) in [6, 6.07) is -0.256. The third kappa shape index (κ3) is 6.20. The highest BCUT2D eigenvalue weighted by molar-refractivity contribution is 7.80. The highest BCUT2D eigenvalue weighted by Gasteiger charge is 2.04. The van der Waals surface area contributed by atoms with Gasteiger partial charge in [-0.2, -0.15) is 12.6 Å². The molecule has 0 spiro atoms. The van der Waals surface area contributed by atoms with Gasteiger partial charge in [0.2, 0.25) is 0 Å². The average Bonchev–Trinajstić information content (AvgIpc) is 2.13. The van der Waals surface area contributed by atoms with Gasteiger partial charge in [0.25, 0.3) is 6.20 Å². The first kappa shape index (κ1) is 12.7. The van der Waals surface area contributed by atoms with Crippen molar-refractivity contribution in [2.24, 2.45) is 0 Å². The summed E-state index contributed by atoms with van der Waals surface area (Å²) in [6.07, 6.45) is 5.97. The quantitative estimate of drug-likeness (QED) is 0.256. The van der Waals surface area contributed by atoms with E-state index in [2.05, 4.69) is 29.2 Å². The second kappa shape index (κ2) is 7.09. The van der Waals surface area contributed by atoms with Crippen molar-refractivity contribution in [3.8, 4) is 12.3 Å². The Morgan fingerprint density at radius 1 is 1.86 bits per heavy atom. The van der Waals surface area contributed by atoms with Gasteiger partial charge in [-0.1, -0.05) is 5.92 Å². The van der Waals surface area contributed by atoms with Crippen LogP contribution in [0.1, 0.15) is 6.92 Å². The maximum atomic E-state index is 10.2. The van der Waals surface area contributed by atoms with E-state index in [-0.39, 0.29) is 6.04 Å². The molecule has 78 valence electrons. The Labute approximate surface area is 88.5 Å². The zero-order chi connectivity index (χ0) is 11.0. The monoisotopic (exact) mass is 215 g/mol. The first-order valence-corrected chi connectivity index (χ1v) is 4.66. The Morgan fingerprint density at radius 3 is 2.93 bits per heavy atom. The van der Waals surface area contributed by atoms with Crippen LogP contribution in [-0.4, -0.2) is 23.3 Å². The summed E-state index contributed by atoms with van der Waals surface area (Å²) in [4.78, 5) is 9.68. The highest BCUT2D eigenvalue weighted by atomic mass is 32.1. The number of hydrogen-bond donors (Lipinski definition) is 3. The molecule has 5 nitrogen and oxygen atoms in total. The molecule has 0 saturated carbocycles. The molecule has 0 aliphatic rings. The van der Waals surface area contributed by atoms with Gasteiger partial charge < -0.3 is 10.6 Å². The molecular weight excluding hydrogens is 202 g/mol. The molecule has 0 aromatic heterocycles. The van der Waals surface area contributed by atoms with Crippen LogP contribution in [0.3, 0.4) is 0 Å². The third-order valence-corrected chi connectivity index (χ3v) is 1.51. The molecule has 0 fully saturated rings. The molecule has 0 bridgehead atoms. The molecule has 1 atom stereocenters. The zero-order valence-electron chi connectivity index (χ0n) is 7.86. The Balaban J connectivity index is 4.26. The van der Waals surface area contributed by atoms with Gasteiger partial charge in [-0.25, -0.2) is 0 Å². The van der Waals surface area contributed by atoms with Gasteiger partial charge in [-0.15, -0.1) is 6.42 Å². The molecule has 0 aromatic carbocycles. The van der Waals surface area contributed by atoms with Crippen molar-refractivity contribution >= 4 is 12.6 Å². The number of nitro groups is 1. The van der Waals surface area contributed by atoms with Crippen LogP contribution in [0.15, 0.2) is 12.0 Å². The first-order valence-electron chi connectivity index (χ1n) is 4.03. The average molecular weight is 215 g/mol. The lowest BCUT2D eigenvalue weighted by molar-refractivity contribution is -0.404. The van der Waals surface area contributed by atoms with E-state index >= 15 is 0 Å². The van der Waals surface area contributed by atoms with Crippen molar-refractivity contribution in [2.75, 3.05) is 12.3 Å². The topological polar surface area (TPSA) is 67.2 Å². The van der Waals surface area contributed by atoms with Gasteiger partial charge in [0, 0.05) is 12.3 Å². The summed E-state index contributed by atoms with van der Waals surface area (Å²) in [5, 5.41) is 15.8. The van der Waals surface area contributed by atoms with Crippen LogP contribution < -0.4 is 10.6 Å². The van der Waals surface area contributed by atoms with Gasteiger partial charge in [0.1, 0.15) is 0 Å². The van der Waals surface area contributed by atoms with E-state index in [0.717, 1.165) is 6.20 Å². The van der Waals surface area contributed by atoms with E-state index in [4.69, 9.17) is 6.42 Å². The van der Waals surface area contributed by atoms with E-state index in [0.29, 0.717) is 18.1 Å². The van der Waals surface area contributed by atoms with Crippen LogP contribution in [0.5, 0.6) is 0 Å². The van der Waals surface area contributed by atoms with Gasteiger partial charge in [-0.3, -0.25) is 10.1 Å². The molecule has 14 heavy (non-hydrogen) atoms. The lowest BCUT2D eigenvalue weighted by Gasteiger charge is -2.12. The van der Waals surface area contributed by atoms with Crippen LogP contribution in [0.25, 0.3) is 0 Å². The van der Waals surface area contributed by atoms with Crippen molar-refractivity contribution in [3.05, 3.63) is 22.1 Å². The normalized spacial score (nSPS) is 12.8. The third-order valence-electron chi connectivity index (χ3n) is 1.28. The second-order valence-electron chi connectivity index (χ2n) is 2.51. The summed E-state index contributed by atoms with van der Waals surface area (Å²) in [5.74, 6) is 3.30. The van der Waals surface area contributed by atoms with E-state index in [1.807, 2.05) is 0 Å². The Hall–Kier alpha value is -1.35. The van der Waals surface area contributed by atoms with E-state index in [1.165, 1.54) is 0 Å². The minimum absolute atomic E-state index is 0.256. The molecule has 0 aliphatic carbocycles. The van der Waals surface area contributed by atoms with Crippen molar-refractivity contribution < 1.29 is 4.92 Å². The maximum Gasteiger partial charge on any atom is 0.274 e. The number of hydrogen-bond acceptors (Lipinski definition) is 5. The standard InChI is InChI=1S/C8H13N3O2S/c1-3-7(2)10-8(6-11(12)13)9-4-5-14/h1,6-7,9-10,14H,4-5H2,2H3. The lowest BCUT2D eigenvalue weighted by atomic mass is 10.3. The van der Waals surface area contributed by atoms with Crippen LogP contribution in [-0.2, 0) is 0 Å². The van der Waals surface area contributed by atoms with E-state index in [1.54, 1.807) is 6.92 Å². The Morgan fingerprint density at radius 2 is 2.50 bits per heavy atom. The minimum Gasteiger partial charge on any atom is -0.366 e. The summed E-state index contributed by atoms with van der Waals surface area (Å²) < 4.78 is 0. The fourth-order valence-corrected chi connectivity index (χ4v) is 0.817. The molecule has 0 saturated heterocycles. The highest BCUT2D eigenvalue weighted by Crippen LogP contribution is 1.88. The first-order chi connectivity index (χ1) is 6.60. The summed E-state index contributed by atoms with van der Waals surface area (Å²) in [5.41, 5.74) is 0. The van der Waals surface area contributed by atoms with Crippen LogP contribution >= 0.6 is 12.6 Å². The molecule has 1 unspecified atom stereocenters. The van der Waals surface area contributed by atoms with Gasteiger partial charge >= 0.3 is 0 Å². The van der Waals surface area contributed by atoms with Crippen molar-refractivity contribution in [1.82, 2.24) is 10.6 Å². The smallest absolute Gasteiger partial charge is 0.274 e. The lowest BCUT2D eigenvalue weighted by Crippen LogP contribution is -2.33. The fourth-order valence-electron chi connectivity index (χ4n) is 0.705. The van der Waals surface area contributed by atoms with Crippen LogP contribution in [0, 0.1) is 22.5 Å². The molecule has 0 aliphatic heterocycles.